The van der Waals surface area contributed by atoms with Crippen LogP contribution >= 0.6 is 34.0 Å². The highest BCUT2D eigenvalue weighted by molar-refractivity contribution is 7.27. The number of nitrogens with one attached hydrogen (secondary N) is 2. The van der Waals surface area contributed by atoms with Gasteiger partial charge in [-0.15, -0.1) is 34.0 Å². The first-order valence-corrected chi connectivity index (χ1v) is 8.45. The lowest BCUT2D eigenvalue weighted by Gasteiger charge is -2.18. The summed E-state index contributed by atoms with van der Waals surface area (Å²) in [5, 5.41) is 8.14. The van der Waals surface area contributed by atoms with Crippen LogP contribution in [0.25, 0.3) is 19.5 Å². The summed E-state index contributed by atoms with van der Waals surface area (Å²) in [6.45, 7) is 1.81. The molecule has 5 heteroatoms. The Morgan fingerprint density at radius 2 is 1.42 bits per heavy atom. The topological polar surface area (TPSA) is 24.1 Å². The molecule has 2 N–H and O–H groups in total. The molecule has 0 spiro atoms. The van der Waals surface area contributed by atoms with Gasteiger partial charge in [-0.3, -0.25) is 0 Å². The molecule has 1 aliphatic heterocycles. The molecule has 0 aromatic carbocycles. The van der Waals surface area contributed by atoms with E-state index in [1.165, 1.54) is 32.4 Å². The van der Waals surface area contributed by atoms with Crippen molar-refractivity contribution in [2.24, 2.45) is 0 Å². The van der Waals surface area contributed by atoms with Crippen LogP contribution in [0.2, 0.25) is 0 Å². The molecule has 0 amide bonds. The van der Waals surface area contributed by atoms with E-state index in [0.717, 1.165) is 34.2 Å². The Kier molecular flexibility index (Phi) is 2.35. The Hall–Kier alpha value is -1.30. The Bertz CT molecular complexity index is 738. The molecule has 0 saturated carbocycles. The third-order valence-corrected chi connectivity index (χ3v) is 6.17. The van der Waals surface area contributed by atoms with Gasteiger partial charge in [0.2, 0.25) is 0 Å². The van der Waals surface area contributed by atoms with E-state index in [4.69, 9.17) is 2.74 Å². The van der Waals surface area contributed by atoms with Gasteiger partial charge >= 0.3 is 0 Å². The molecule has 1 aliphatic rings. The van der Waals surface area contributed by atoms with E-state index in [2.05, 4.69) is 10.6 Å². The molecule has 19 heavy (non-hydrogen) atoms. The molecule has 0 radical (unpaired) electrons. The highest BCUT2D eigenvalue weighted by Gasteiger charge is 2.23. The van der Waals surface area contributed by atoms with Crippen molar-refractivity contribution in [3.63, 3.8) is 0 Å². The first-order chi connectivity index (χ1) is 10.2. The van der Waals surface area contributed by atoms with Crippen LogP contribution < -0.4 is 10.6 Å². The maximum Gasteiger partial charge on any atom is 0.0781 e. The van der Waals surface area contributed by atoms with Crippen molar-refractivity contribution in [2.75, 3.05) is 23.7 Å². The Morgan fingerprint density at radius 1 is 0.895 bits per heavy atom. The summed E-state index contributed by atoms with van der Waals surface area (Å²) >= 11 is 4.74. The minimum Gasteiger partial charge on any atom is -0.380 e. The van der Waals surface area contributed by atoms with Crippen molar-refractivity contribution in [1.29, 1.82) is 0 Å². The number of rotatable bonds is 2. The fraction of sp³-hybridized carbons (Fsp3) is 0.143. The maximum atomic E-state index is 7.74. The lowest BCUT2D eigenvalue weighted by atomic mass is 10.2. The number of hydrogen-bond donors (Lipinski definition) is 2. The predicted octanol–water partition coefficient (Wildman–Crippen LogP) is 5.04. The monoisotopic (exact) mass is 308 g/mol. The van der Waals surface area contributed by atoms with Gasteiger partial charge in [-0.05, 0) is 22.8 Å². The van der Waals surface area contributed by atoms with Crippen molar-refractivity contribution in [3.05, 3.63) is 35.0 Å². The summed E-state index contributed by atoms with van der Waals surface area (Å²) in [7, 11) is 0. The van der Waals surface area contributed by atoms with Crippen molar-refractivity contribution in [3.8, 4) is 19.5 Å². The van der Waals surface area contributed by atoms with Gasteiger partial charge in [-0.2, -0.15) is 0 Å². The van der Waals surface area contributed by atoms with Crippen molar-refractivity contribution >= 4 is 45.4 Å². The zero-order valence-corrected chi connectivity index (χ0v) is 12.4. The summed E-state index contributed by atoms with van der Waals surface area (Å²) in [5.74, 6) is 0. The van der Waals surface area contributed by atoms with E-state index in [1.807, 2.05) is 24.3 Å². The average molecular weight is 308 g/mol. The van der Waals surface area contributed by atoms with E-state index < -0.39 is 0 Å². The molecule has 0 bridgehead atoms. The Balaban J connectivity index is 1.90. The molecular formula is C14H12N2S3. The van der Waals surface area contributed by atoms with Gasteiger partial charge in [0.1, 0.15) is 0 Å². The molecule has 4 heterocycles. The SMILES string of the molecule is [3H]c1ccc(-c2sc(-c3ccc([3H])s3)c3c2NCCN3)s1. The van der Waals surface area contributed by atoms with Gasteiger partial charge in [0.05, 0.1) is 23.9 Å². The zero-order valence-electron chi connectivity index (χ0n) is 11.9. The van der Waals surface area contributed by atoms with Crippen molar-refractivity contribution < 1.29 is 2.74 Å². The fourth-order valence-corrected chi connectivity index (χ4v) is 5.00. The lowest BCUT2D eigenvalue weighted by molar-refractivity contribution is 1.05. The molecule has 3 aromatic rings. The summed E-state index contributed by atoms with van der Waals surface area (Å²) in [6.07, 6.45) is 0. The van der Waals surface area contributed by atoms with Crippen LogP contribution in [0, 0.1) is 0 Å². The van der Waals surface area contributed by atoms with Gasteiger partial charge in [0, 0.05) is 22.8 Å². The minimum atomic E-state index is 0.585. The third-order valence-electron chi connectivity index (χ3n) is 3.03. The summed E-state index contributed by atoms with van der Waals surface area (Å²) < 4.78 is 15.5. The van der Waals surface area contributed by atoms with Gasteiger partial charge in [0.15, 0.2) is 0 Å². The molecule has 96 valence electrons. The second-order valence-corrected chi connectivity index (χ2v) is 6.98. The number of thiophene rings is 3. The van der Waals surface area contributed by atoms with E-state index in [0.29, 0.717) is 10.7 Å². The fourth-order valence-electron chi connectivity index (χ4n) is 2.22. The Labute approximate surface area is 126 Å². The number of fused-ring (bicyclic) bond motifs is 1. The van der Waals surface area contributed by atoms with Crippen LogP contribution in [-0.4, -0.2) is 13.1 Å². The van der Waals surface area contributed by atoms with Crippen LogP contribution in [0.5, 0.6) is 0 Å². The molecule has 4 rings (SSSR count). The molecular weight excluding hydrogens is 292 g/mol. The van der Waals surface area contributed by atoms with Crippen LogP contribution in [0.1, 0.15) is 2.74 Å². The van der Waals surface area contributed by atoms with Gasteiger partial charge in [0.25, 0.3) is 0 Å². The number of hydrogen-bond acceptors (Lipinski definition) is 5. The van der Waals surface area contributed by atoms with Crippen LogP contribution in [0.3, 0.4) is 0 Å². The third kappa shape index (κ3) is 1.89. The Morgan fingerprint density at radius 3 is 1.84 bits per heavy atom. The van der Waals surface area contributed by atoms with Crippen LogP contribution in [0.4, 0.5) is 11.4 Å². The normalized spacial score (nSPS) is 15.2. The van der Waals surface area contributed by atoms with Gasteiger partial charge < -0.3 is 10.6 Å². The van der Waals surface area contributed by atoms with E-state index in [1.54, 1.807) is 11.3 Å². The second-order valence-electron chi connectivity index (χ2n) is 4.20. The molecule has 2 nitrogen and oxygen atoms in total. The van der Waals surface area contributed by atoms with E-state index in [9.17, 15) is 0 Å². The summed E-state index contributed by atoms with van der Waals surface area (Å²) in [4.78, 5) is 4.64. The van der Waals surface area contributed by atoms with E-state index in [-0.39, 0.29) is 0 Å². The minimum absolute atomic E-state index is 0.585. The summed E-state index contributed by atoms with van der Waals surface area (Å²) in [6, 6.07) is 7.72. The van der Waals surface area contributed by atoms with Crippen LogP contribution in [-0.2, 0) is 0 Å². The smallest absolute Gasteiger partial charge is 0.0781 e. The zero-order chi connectivity index (χ0) is 14.4. The van der Waals surface area contributed by atoms with E-state index >= 15 is 0 Å². The van der Waals surface area contributed by atoms with Crippen molar-refractivity contribution in [1.82, 2.24) is 0 Å². The predicted molar refractivity (Wildman–Crippen MR) is 87.9 cm³/mol. The molecule has 0 aliphatic carbocycles. The highest BCUT2D eigenvalue weighted by atomic mass is 32.1. The molecule has 3 aromatic heterocycles. The van der Waals surface area contributed by atoms with Crippen molar-refractivity contribution in [2.45, 2.75) is 0 Å². The van der Waals surface area contributed by atoms with Gasteiger partial charge in [-0.25, -0.2) is 0 Å². The largest absolute Gasteiger partial charge is 0.380 e. The number of anilines is 2. The standard InChI is InChI=1S/C14H12N2S3/c1-3-9(17-7-1)13-11-12(16-6-5-15-11)14(19-13)10-4-2-8-18-10/h1-4,7-8,15-16H,5-6H2/i7T,8T. The quantitative estimate of drug-likeness (QED) is 0.693. The van der Waals surface area contributed by atoms with Crippen LogP contribution in [0.15, 0.2) is 35.0 Å². The van der Waals surface area contributed by atoms with Gasteiger partial charge in [-0.1, -0.05) is 12.1 Å². The maximum absolute atomic E-state index is 7.74. The lowest BCUT2D eigenvalue weighted by Crippen LogP contribution is -2.19. The average Bonchev–Trinajstić information content (AvgIpc) is 3.17. The molecule has 0 atom stereocenters. The molecule has 0 fully saturated rings. The second kappa shape index (κ2) is 4.67. The first-order valence-electron chi connectivity index (χ1n) is 7.00. The first kappa shape index (κ1) is 9.58. The summed E-state index contributed by atoms with van der Waals surface area (Å²) in [5.41, 5.74) is 2.28. The molecule has 0 unspecified atom stereocenters. The molecule has 0 saturated heterocycles. The highest BCUT2D eigenvalue weighted by Crippen LogP contribution is 2.51.